The first-order valence-electron chi connectivity index (χ1n) is 6.38. The number of oxime groups is 1. The van der Waals surface area contributed by atoms with Crippen molar-refractivity contribution in [3.05, 3.63) is 70.8 Å². The monoisotopic (exact) mass is 275 g/mol. The second-order valence-corrected chi connectivity index (χ2v) is 4.32. The maximum absolute atomic E-state index is 13.3. The Bertz CT molecular complexity index is 594. The highest BCUT2D eigenvalue weighted by Gasteiger charge is 2.07. The van der Waals surface area contributed by atoms with Crippen LogP contribution < -0.4 is 0 Å². The third-order valence-corrected chi connectivity index (χ3v) is 2.92. The van der Waals surface area contributed by atoms with Crippen LogP contribution in [0.15, 0.2) is 47.6 Å². The minimum atomic E-state index is -0.894. The third kappa shape index (κ3) is 3.63. The van der Waals surface area contributed by atoms with Crippen molar-refractivity contribution in [3.63, 3.8) is 0 Å². The predicted molar refractivity (Wildman–Crippen MR) is 74.6 cm³/mol. The molecule has 0 heterocycles. The molecule has 0 aliphatic carbocycles. The minimum Gasteiger partial charge on any atom is -0.391 e. The lowest BCUT2D eigenvalue weighted by atomic mass is 10.1. The molecule has 2 aromatic carbocycles. The van der Waals surface area contributed by atoms with Crippen molar-refractivity contribution in [1.82, 2.24) is 0 Å². The molecule has 0 saturated heterocycles. The molecule has 0 aromatic heterocycles. The molecule has 0 bridgehead atoms. The highest BCUT2D eigenvalue weighted by Crippen LogP contribution is 2.12. The average Bonchev–Trinajstić information content (AvgIpc) is 2.48. The summed E-state index contributed by atoms with van der Waals surface area (Å²) in [6, 6.07) is 11.8. The van der Waals surface area contributed by atoms with E-state index in [-0.39, 0.29) is 12.2 Å². The summed E-state index contributed by atoms with van der Waals surface area (Å²) < 4.78 is 26.3. The molecule has 0 fully saturated rings. The van der Waals surface area contributed by atoms with Gasteiger partial charge in [-0.2, -0.15) is 0 Å². The Kier molecular flexibility index (Phi) is 4.82. The summed E-state index contributed by atoms with van der Waals surface area (Å²) in [5, 5.41) is 3.75. The highest BCUT2D eigenvalue weighted by atomic mass is 19.2. The zero-order valence-electron chi connectivity index (χ0n) is 11.1. The van der Waals surface area contributed by atoms with E-state index in [1.165, 1.54) is 23.9 Å². The van der Waals surface area contributed by atoms with Gasteiger partial charge in [0.1, 0.15) is 6.61 Å². The van der Waals surface area contributed by atoms with Crippen molar-refractivity contribution >= 4 is 6.21 Å². The van der Waals surface area contributed by atoms with E-state index in [4.69, 9.17) is 4.84 Å². The average molecular weight is 275 g/mol. The Morgan fingerprint density at radius 3 is 2.55 bits per heavy atom. The first-order chi connectivity index (χ1) is 9.70. The molecule has 0 atom stereocenters. The zero-order valence-corrected chi connectivity index (χ0v) is 11.1. The summed E-state index contributed by atoms with van der Waals surface area (Å²) in [6.07, 6.45) is 2.52. The topological polar surface area (TPSA) is 21.6 Å². The van der Waals surface area contributed by atoms with Gasteiger partial charge in [-0.05, 0) is 23.6 Å². The van der Waals surface area contributed by atoms with E-state index in [0.29, 0.717) is 0 Å². The second-order valence-electron chi connectivity index (χ2n) is 4.32. The van der Waals surface area contributed by atoms with Crippen LogP contribution in [0.2, 0.25) is 0 Å². The molecule has 0 aliphatic heterocycles. The SMILES string of the molecule is CCc1ccc(C=NOCc2cccc(F)c2F)cc1. The van der Waals surface area contributed by atoms with Crippen LogP contribution in [0.25, 0.3) is 0 Å². The van der Waals surface area contributed by atoms with Crippen molar-refractivity contribution in [3.8, 4) is 0 Å². The first kappa shape index (κ1) is 14.2. The number of hydrogen-bond acceptors (Lipinski definition) is 2. The number of hydrogen-bond donors (Lipinski definition) is 0. The summed E-state index contributed by atoms with van der Waals surface area (Å²) in [6.45, 7) is 1.98. The van der Waals surface area contributed by atoms with E-state index >= 15 is 0 Å². The van der Waals surface area contributed by atoms with Gasteiger partial charge in [-0.15, -0.1) is 0 Å². The quantitative estimate of drug-likeness (QED) is 0.595. The molecule has 0 N–H and O–H groups in total. The predicted octanol–water partition coefficient (Wildman–Crippen LogP) is 4.08. The van der Waals surface area contributed by atoms with Crippen LogP contribution >= 0.6 is 0 Å². The fourth-order valence-corrected chi connectivity index (χ4v) is 1.70. The fourth-order valence-electron chi connectivity index (χ4n) is 1.70. The van der Waals surface area contributed by atoms with Gasteiger partial charge in [-0.1, -0.05) is 48.5 Å². The Hall–Kier alpha value is -2.23. The Morgan fingerprint density at radius 2 is 1.85 bits per heavy atom. The van der Waals surface area contributed by atoms with Crippen LogP contribution in [0.1, 0.15) is 23.6 Å². The van der Waals surface area contributed by atoms with Crippen molar-refractivity contribution in [2.24, 2.45) is 5.16 Å². The largest absolute Gasteiger partial charge is 0.391 e. The van der Waals surface area contributed by atoms with Gasteiger partial charge in [0.15, 0.2) is 11.6 Å². The lowest BCUT2D eigenvalue weighted by molar-refractivity contribution is 0.129. The molecule has 0 aliphatic rings. The molecule has 0 spiro atoms. The molecule has 2 nitrogen and oxygen atoms in total. The van der Waals surface area contributed by atoms with E-state index in [1.54, 1.807) is 0 Å². The van der Waals surface area contributed by atoms with Gasteiger partial charge < -0.3 is 4.84 Å². The van der Waals surface area contributed by atoms with Crippen LogP contribution in [0.4, 0.5) is 8.78 Å². The molecule has 2 aromatic rings. The number of benzene rings is 2. The van der Waals surface area contributed by atoms with Crippen LogP contribution in [0, 0.1) is 11.6 Å². The summed E-state index contributed by atoms with van der Waals surface area (Å²) in [5.74, 6) is -1.78. The molecule has 0 saturated carbocycles. The van der Waals surface area contributed by atoms with Gasteiger partial charge in [-0.3, -0.25) is 0 Å². The van der Waals surface area contributed by atoms with E-state index in [9.17, 15) is 8.78 Å². The molecule has 20 heavy (non-hydrogen) atoms. The van der Waals surface area contributed by atoms with Crippen molar-refractivity contribution in [2.45, 2.75) is 20.0 Å². The molecule has 104 valence electrons. The summed E-state index contributed by atoms with van der Waals surface area (Å²) >= 11 is 0. The summed E-state index contributed by atoms with van der Waals surface area (Å²) in [5.41, 5.74) is 2.27. The molecule has 4 heteroatoms. The Balaban J connectivity index is 1.91. The van der Waals surface area contributed by atoms with Gasteiger partial charge in [0.05, 0.1) is 6.21 Å². The zero-order chi connectivity index (χ0) is 14.4. The van der Waals surface area contributed by atoms with Crippen LogP contribution in [0.5, 0.6) is 0 Å². The lowest BCUT2D eigenvalue weighted by Crippen LogP contribution is -1.95. The smallest absolute Gasteiger partial charge is 0.165 e. The first-order valence-corrected chi connectivity index (χ1v) is 6.38. The van der Waals surface area contributed by atoms with Gasteiger partial charge in [-0.25, -0.2) is 8.78 Å². The number of halogens is 2. The van der Waals surface area contributed by atoms with Crippen LogP contribution in [0.3, 0.4) is 0 Å². The second kappa shape index (κ2) is 6.80. The van der Waals surface area contributed by atoms with Crippen molar-refractivity contribution < 1.29 is 13.6 Å². The maximum atomic E-state index is 13.3. The van der Waals surface area contributed by atoms with Gasteiger partial charge in [0.2, 0.25) is 0 Å². The number of nitrogens with zero attached hydrogens (tertiary/aromatic N) is 1. The number of aryl methyl sites for hydroxylation is 1. The highest BCUT2D eigenvalue weighted by molar-refractivity contribution is 5.79. The van der Waals surface area contributed by atoms with Gasteiger partial charge >= 0.3 is 0 Å². The third-order valence-electron chi connectivity index (χ3n) is 2.92. The van der Waals surface area contributed by atoms with E-state index in [0.717, 1.165) is 18.1 Å². The molecule has 0 radical (unpaired) electrons. The minimum absolute atomic E-state index is 0.104. The van der Waals surface area contributed by atoms with E-state index in [1.807, 2.05) is 24.3 Å². The molecule has 0 amide bonds. The van der Waals surface area contributed by atoms with Gasteiger partial charge in [0, 0.05) is 5.56 Å². The van der Waals surface area contributed by atoms with Crippen molar-refractivity contribution in [1.29, 1.82) is 0 Å². The maximum Gasteiger partial charge on any atom is 0.165 e. The number of rotatable bonds is 5. The normalized spacial score (nSPS) is 10.9. The summed E-state index contributed by atoms with van der Waals surface area (Å²) in [7, 11) is 0. The molecule has 2 rings (SSSR count). The van der Waals surface area contributed by atoms with E-state index in [2.05, 4.69) is 12.1 Å². The molecule has 0 unspecified atom stereocenters. The Labute approximate surface area is 116 Å². The molecular formula is C16H15F2NO. The van der Waals surface area contributed by atoms with Crippen molar-refractivity contribution in [2.75, 3.05) is 0 Å². The Morgan fingerprint density at radius 1 is 1.10 bits per heavy atom. The standard InChI is InChI=1S/C16H15F2NO/c1-2-12-6-8-13(9-7-12)10-19-20-11-14-4-3-5-15(17)16(14)18/h3-10H,2,11H2,1H3. The van der Waals surface area contributed by atoms with Crippen LogP contribution in [-0.4, -0.2) is 6.21 Å². The van der Waals surface area contributed by atoms with Gasteiger partial charge in [0.25, 0.3) is 0 Å². The molecular weight excluding hydrogens is 260 g/mol. The summed E-state index contributed by atoms with van der Waals surface area (Å²) in [4.78, 5) is 4.98. The van der Waals surface area contributed by atoms with Crippen LogP contribution in [-0.2, 0) is 17.9 Å². The lowest BCUT2D eigenvalue weighted by Gasteiger charge is -2.02. The van der Waals surface area contributed by atoms with E-state index < -0.39 is 11.6 Å². The fraction of sp³-hybridized carbons (Fsp3) is 0.188.